The second-order valence-corrected chi connectivity index (χ2v) is 7.75. The zero-order valence-corrected chi connectivity index (χ0v) is 14.7. The molecule has 1 heterocycles. The second-order valence-electron chi connectivity index (χ2n) is 5.83. The molecule has 1 fully saturated rings. The number of halogens is 1. The van der Waals surface area contributed by atoms with Gasteiger partial charge in [-0.05, 0) is 60.5 Å². The molecule has 0 spiro atoms. The van der Waals surface area contributed by atoms with Crippen LogP contribution >= 0.6 is 27.3 Å². The van der Waals surface area contributed by atoms with E-state index in [0.29, 0.717) is 0 Å². The molecule has 2 rings (SSSR count). The number of thiophene rings is 1. The van der Waals surface area contributed by atoms with Gasteiger partial charge in [0.15, 0.2) is 0 Å². The molecule has 1 aromatic rings. The Morgan fingerprint density at radius 1 is 1.55 bits per heavy atom. The van der Waals surface area contributed by atoms with Crippen LogP contribution in [-0.4, -0.2) is 18.2 Å². The first kappa shape index (κ1) is 16.4. The summed E-state index contributed by atoms with van der Waals surface area (Å²) in [5, 5.41) is 2.12. The molecule has 0 radical (unpaired) electrons. The van der Waals surface area contributed by atoms with Gasteiger partial charge in [-0.15, -0.1) is 11.3 Å². The Balaban J connectivity index is 2.12. The normalized spacial score (nSPS) is 28.5. The van der Waals surface area contributed by atoms with Gasteiger partial charge < -0.3 is 4.74 Å². The third-order valence-electron chi connectivity index (χ3n) is 4.42. The summed E-state index contributed by atoms with van der Waals surface area (Å²) in [6.07, 6.45) is 5.59. The van der Waals surface area contributed by atoms with E-state index in [1.807, 2.05) is 0 Å². The van der Waals surface area contributed by atoms with Gasteiger partial charge in [-0.2, -0.15) is 0 Å². The van der Waals surface area contributed by atoms with Crippen LogP contribution in [0.2, 0.25) is 0 Å². The Morgan fingerprint density at radius 2 is 2.25 bits per heavy atom. The van der Waals surface area contributed by atoms with E-state index in [9.17, 15) is 0 Å². The summed E-state index contributed by atoms with van der Waals surface area (Å²) in [6, 6.07) is 2.36. The maximum atomic E-state index is 6.20. The number of hydrogen-bond donors (Lipinski definition) is 2. The molecule has 1 aliphatic carbocycles. The average molecular weight is 361 g/mol. The minimum absolute atomic E-state index is 0.105. The zero-order chi connectivity index (χ0) is 14.6. The number of rotatable bonds is 6. The van der Waals surface area contributed by atoms with E-state index in [4.69, 9.17) is 10.6 Å². The van der Waals surface area contributed by atoms with Gasteiger partial charge in [-0.25, -0.2) is 0 Å². The predicted octanol–water partition coefficient (Wildman–Crippen LogP) is 3.87. The van der Waals surface area contributed by atoms with Crippen LogP contribution in [0.1, 0.15) is 44.4 Å². The molecule has 20 heavy (non-hydrogen) atoms. The van der Waals surface area contributed by atoms with Crippen molar-refractivity contribution in [3.8, 4) is 0 Å². The second kappa shape index (κ2) is 7.36. The van der Waals surface area contributed by atoms with Gasteiger partial charge in [0.25, 0.3) is 0 Å². The van der Waals surface area contributed by atoms with Crippen LogP contribution in [0.25, 0.3) is 0 Å². The number of hydrogen-bond acceptors (Lipinski definition) is 4. The van der Waals surface area contributed by atoms with E-state index in [2.05, 4.69) is 46.6 Å². The highest BCUT2D eigenvalue weighted by Gasteiger charge is 2.41. The molecule has 3 N–H and O–H groups in total. The first-order valence-corrected chi connectivity index (χ1v) is 9.10. The molecule has 114 valence electrons. The molecule has 0 aliphatic heterocycles. The molecule has 5 heteroatoms. The average Bonchev–Trinajstić information content (AvgIpc) is 2.85. The third kappa shape index (κ3) is 3.83. The van der Waals surface area contributed by atoms with Crippen molar-refractivity contribution in [1.82, 2.24) is 5.43 Å². The van der Waals surface area contributed by atoms with Crippen molar-refractivity contribution in [1.29, 1.82) is 0 Å². The van der Waals surface area contributed by atoms with Gasteiger partial charge in [0.1, 0.15) is 0 Å². The molecule has 0 saturated heterocycles. The Morgan fingerprint density at radius 3 is 2.75 bits per heavy atom. The fourth-order valence-corrected chi connectivity index (χ4v) is 4.69. The highest BCUT2D eigenvalue weighted by atomic mass is 79.9. The molecule has 1 saturated carbocycles. The third-order valence-corrected chi connectivity index (χ3v) is 6.14. The standard InChI is InChI=1S/C15H25BrN2OS/c1-3-19-15(6-4-11(2)5-7-15)14(18-17)9-13-8-12(16)10-20-13/h8,10-11,14,18H,3-7,9,17H2,1-2H3. The van der Waals surface area contributed by atoms with Crippen molar-refractivity contribution in [2.45, 2.75) is 57.6 Å². The van der Waals surface area contributed by atoms with Crippen LogP contribution < -0.4 is 11.3 Å². The van der Waals surface area contributed by atoms with Crippen molar-refractivity contribution < 1.29 is 4.74 Å². The fourth-order valence-electron chi connectivity index (χ4n) is 3.19. The number of nitrogens with two attached hydrogens (primary N) is 1. The van der Waals surface area contributed by atoms with E-state index in [0.717, 1.165) is 36.3 Å². The zero-order valence-electron chi connectivity index (χ0n) is 12.3. The first-order valence-electron chi connectivity index (χ1n) is 7.42. The highest BCUT2D eigenvalue weighted by molar-refractivity contribution is 9.10. The lowest BCUT2D eigenvalue weighted by Gasteiger charge is -2.44. The van der Waals surface area contributed by atoms with Crippen molar-refractivity contribution in [2.24, 2.45) is 11.8 Å². The molecule has 0 aromatic carbocycles. The molecule has 0 bridgehead atoms. The van der Waals surface area contributed by atoms with E-state index in [1.54, 1.807) is 11.3 Å². The van der Waals surface area contributed by atoms with Crippen LogP contribution in [0.15, 0.2) is 15.9 Å². The molecule has 1 aromatic heterocycles. The number of ether oxygens (including phenoxy) is 1. The lowest BCUT2D eigenvalue weighted by Crippen LogP contribution is -2.57. The summed E-state index contributed by atoms with van der Waals surface area (Å²) in [4.78, 5) is 1.34. The van der Waals surface area contributed by atoms with Gasteiger partial charge in [0.05, 0.1) is 11.6 Å². The van der Waals surface area contributed by atoms with Crippen LogP contribution in [0, 0.1) is 5.92 Å². The Kier molecular flexibility index (Phi) is 6.05. The monoisotopic (exact) mass is 360 g/mol. The molecular weight excluding hydrogens is 336 g/mol. The van der Waals surface area contributed by atoms with Gasteiger partial charge >= 0.3 is 0 Å². The summed E-state index contributed by atoms with van der Waals surface area (Å²) < 4.78 is 7.35. The maximum absolute atomic E-state index is 6.20. The van der Waals surface area contributed by atoms with E-state index in [1.165, 1.54) is 17.7 Å². The fraction of sp³-hybridized carbons (Fsp3) is 0.733. The largest absolute Gasteiger partial charge is 0.374 e. The van der Waals surface area contributed by atoms with Gasteiger partial charge in [-0.3, -0.25) is 11.3 Å². The SMILES string of the molecule is CCOC1(C(Cc2cc(Br)cs2)NN)CCC(C)CC1. The Bertz CT molecular complexity index is 416. The lowest BCUT2D eigenvalue weighted by molar-refractivity contribution is -0.0960. The molecular formula is C15H25BrN2OS. The van der Waals surface area contributed by atoms with E-state index < -0.39 is 0 Å². The molecule has 3 nitrogen and oxygen atoms in total. The lowest BCUT2D eigenvalue weighted by atomic mass is 9.74. The Hall–Kier alpha value is 0.0600. The summed E-state index contributed by atoms with van der Waals surface area (Å²) in [5.41, 5.74) is 2.93. The van der Waals surface area contributed by atoms with Crippen molar-refractivity contribution in [3.63, 3.8) is 0 Å². The smallest absolute Gasteiger partial charge is 0.0851 e. The van der Waals surface area contributed by atoms with Crippen molar-refractivity contribution >= 4 is 27.3 Å². The minimum Gasteiger partial charge on any atom is -0.374 e. The highest BCUT2D eigenvalue weighted by Crippen LogP contribution is 2.38. The molecule has 1 aliphatic rings. The topological polar surface area (TPSA) is 47.3 Å². The van der Waals surface area contributed by atoms with Crippen LogP contribution in [-0.2, 0) is 11.2 Å². The van der Waals surface area contributed by atoms with E-state index >= 15 is 0 Å². The Labute approximate surface area is 134 Å². The summed E-state index contributed by atoms with van der Waals surface area (Å²) >= 11 is 5.30. The van der Waals surface area contributed by atoms with Crippen LogP contribution in [0.5, 0.6) is 0 Å². The van der Waals surface area contributed by atoms with Gasteiger partial charge in [0, 0.05) is 27.8 Å². The van der Waals surface area contributed by atoms with Gasteiger partial charge in [0.2, 0.25) is 0 Å². The first-order chi connectivity index (χ1) is 9.59. The number of hydrazine groups is 1. The van der Waals surface area contributed by atoms with Crippen molar-refractivity contribution in [2.75, 3.05) is 6.61 Å². The summed E-state index contributed by atoms with van der Waals surface area (Å²) in [7, 11) is 0. The molecule has 1 atom stereocenters. The minimum atomic E-state index is -0.105. The van der Waals surface area contributed by atoms with E-state index in [-0.39, 0.29) is 11.6 Å². The number of nitrogens with one attached hydrogen (secondary N) is 1. The summed E-state index contributed by atoms with van der Waals surface area (Å²) in [5.74, 6) is 6.67. The predicted molar refractivity (Wildman–Crippen MR) is 88.8 cm³/mol. The van der Waals surface area contributed by atoms with Gasteiger partial charge in [-0.1, -0.05) is 6.92 Å². The van der Waals surface area contributed by atoms with Crippen LogP contribution in [0.4, 0.5) is 0 Å². The van der Waals surface area contributed by atoms with Crippen LogP contribution in [0.3, 0.4) is 0 Å². The maximum Gasteiger partial charge on any atom is 0.0851 e. The quantitative estimate of drug-likeness (QED) is 0.597. The molecule has 1 unspecified atom stereocenters. The van der Waals surface area contributed by atoms with Crippen molar-refractivity contribution in [3.05, 3.63) is 20.8 Å². The molecule has 0 amide bonds. The summed E-state index contributed by atoms with van der Waals surface area (Å²) in [6.45, 7) is 5.16.